The fourth-order valence-electron chi connectivity index (χ4n) is 2.29. The van der Waals surface area contributed by atoms with Crippen LogP contribution in [0.15, 0.2) is 30.6 Å². The molecule has 0 aliphatic heterocycles. The van der Waals surface area contributed by atoms with Crippen molar-refractivity contribution >= 4 is 17.5 Å². The summed E-state index contributed by atoms with van der Waals surface area (Å²) in [5.74, 6) is 1.54. The smallest absolute Gasteiger partial charge is 0.260 e. The van der Waals surface area contributed by atoms with Crippen molar-refractivity contribution < 1.29 is 9.53 Å². The van der Waals surface area contributed by atoms with Gasteiger partial charge >= 0.3 is 0 Å². The Labute approximate surface area is 141 Å². The largest absolute Gasteiger partial charge is 0.481 e. The number of aromatic nitrogens is 2. The third-order valence-electron chi connectivity index (χ3n) is 3.58. The molecule has 2 aromatic rings. The first kappa shape index (κ1) is 17.3. The second-order valence-corrected chi connectivity index (χ2v) is 5.79. The highest BCUT2D eigenvalue weighted by atomic mass is 35.5. The van der Waals surface area contributed by atoms with Crippen LogP contribution in [0.2, 0.25) is 5.02 Å². The quantitative estimate of drug-likeness (QED) is 0.846. The standard InChI is InChI=1S/C17H22ClN3O2/c1-4-16-19-7-9-21(16)10-8-20-17(22)13(3)23-15-6-5-14(18)11-12(15)2/h5-7,9,11,13H,4,8,10H2,1-3H3,(H,20,22)/t13-/m1/s1. The molecule has 23 heavy (non-hydrogen) atoms. The Kier molecular flexibility index (Phi) is 6.04. The van der Waals surface area contributed by atoms with Crippen LogP contribution in [-0.2, 0) is 17.8 Å². The number of carbonyl (C=O) groups is 1. The summed E-state index contributed by atoms with van der Waals surface area (Å²) in [6.07, 6.45) is 4.00. The lowest BCUT2D eigenvalue weighted by Gasteiger charge is -2.16. The molecule has 0 aliphatic rings. The van der Waals surface area contributed by atoms with Crippen LogP contribution in [0.1, 0.15) is 25.2 Å². The molecule has 0 fully saturated rings. The van der Waals surface area contributed by atoms with Crippen molar-refractivity contribution in [3.8, 4) is 5.75 Å². The average molecular weight is 336 g/mol. The molecule has 0 aliphatic carbocycles. The highest BCUT2D eigenvalue weighted by Gasteiger charge is 2.15. The first-order valence-electron chi connectivity index (χ1n) is 7.71. The number of ether oxygens (including phenoxy) is 1. The predicted molar refractivity (Wildman–Crippen MR) is 90.9 cm³/mol. The monoisotopic (exact) mass is 335 g/mol. The normalized spacial score (nSPS) is 12.0. The molecule has 5 nitrogen and oxygen atoms in total. The van der Waals surface area contributed by atoms with Crippen LogP contribution in [0.3, 0.4) is 0 Å². The summed E-state index contributed by atoms with van der Waals surface area (Å²) in [6.45, 7) is 6.92. The SMILES string of the molecule is CCc1nccn1CCNC(=O)[C@@H](C)Oc1ccc(Cl)cc1C. The van der Waals surface area contributed by atoms with Gasteiger partial charge < -0.3 is 14.6 Å². The summed E-state index contributed by atoms with van der Waals surface area (Å²) < 4.78 is 7.74. The topological polar surface area (TPSA) is 56.2 Å². The van der Waals surface area contributed by atoms with E-state index < -0.39 is 6.10 Å². The molecule has 1 amide bonds. The van der Waals surface area contributed by atoms with E-state index in [1.807, 2.05) is 23.8 Å². The fourth-order valence-corrected chi connectivity index (χ4v) is 2.52. The van der Waals surface area contributed by atoms with Crippen molar-refractivity contribution in [3.63, 3.8) is 0 Å². The van der Waals surface area contributed by atoms with Crippen LogP contribution in [0, 0.1) is 6.92 Å². The number of nitrogens with zero attached hydrogens (tertiary/aromatic N) is 2. The van der Waals surface area contributed by atoms with E-state index in [4.69, 9.17) is 16.3 Å². The number of carbonyl (C=O) groups excluding carboxylic acids is 1. The van der Waals surface area contributed by atoms with E-state index in [1.165, 1.54) is 0 Å². The number of hydrogen-bond acceptors (Lipinski definition) is 3. The van der Waals surface area contributed by atoms with E-state index in [2.05, 4.69) is 17.2 Å². The number of aryl methyl sites for hydroxylation is 2. The van der Waals surface area contributed by atoms with Crippen LogP contribution in [-0.4, -0.2) is 28.1 Å². The molecule has 1 aromatic heterocycles. The first-order chi connectivity index (χ1) is 11.0. The molecule has 0 spiro atoms. The second-order valence-electron chi connectivity index (χ2n) is 5.35. The van der Waals surface area contributed by atoms with Gasteiger partial charge in [-0.15, -0.1) is 0 Å². The second kappa shape index (κ2) is 8.02. The Balaban J connectivity index is 1.83. The van der Waals surface area contributed by atoms with Crippen LogP contribution >= 0.6 is 11.6 Å². The number of imidazole rings is 1. The number of hydrogen-bond donors (Lipinski definition) is 1. The molecule has 0 unspecified atom stereocenters. The van der Waals surface area contributed by atoms with E-state index in [0.717, 1.165) is 17.8 Å². The Morgan fingerprint density at radius 1 is 1.48 bits per heavy atom. The fraction of sp³-hybridized carbons (Fsp3) is 0.412. The van der Waals surface area contributed by atoms with Crippen molar-refractivity contribution in [2.75, 3.05) is 6.54 Å². The lowest BCUT2D eigenvalue weighted by molar-refractivity contribution is -0.127. The lowest BCUT2D eigenvalue weighted by Crippen LogP contribution is -2.38. The van der Waals surface area contributed by atoms with Gasteiger partial charge in [-0.1, -0.05) is 18.5 Å². The number of rotatable bonds is 7. The van der Waals surface area contributed by atoms with Crippen LogP contribution < -0.4 is 10.1 Å². The highest BCUT2D eigenvalue weighted by molar-refractivity contribution is 6.30. The van der Waals surface area contributed by atoms with Gasteiger partial charge in [0.1, 0.15) is 11.6 Å². The first-order valence-corrected chi connectivity index (χ1v) is 8.09. The number of amides is 1. The number of nitrogens with one attached hydrogen (secondary N) is 1. The van der Waals surface area contributed by atoms with Crippen LogP contribution in [0.4, 0.5) is 0 Å². The van der Waals surface area contributed by atoms with E-state index >= 15 is 0 Å². The molecule has 6 heteroatoms. The third kappa shape index (κ3) is 4.73. The summed E-state index contributed by atoms with van der Waals surface area (Å²) in [5, 5.41) is 3.54. The summed E-state index contributed by atoms with van der Waals surface area (Å²) in [4.78, 5) is 16.4. The van der Waals surface area contributed by atoms with Gasteiger partial charge in [-0.2, -0.15) is 0 Å². The minimum absolute atomic E-state index is 0.141. The van der Waals surface area contributed by atoms with Gasteiger partial charge in [0, 0.05) is 36.9 Å². The van der Waals surface area contributed by atoms with E-state index in [9.17, 15) is 4.79 Å². The van der Waals surface area contributed by atoms with E-state index in [0.29, 0.717) is 23.9 Å². The molecule has 1 aromatic carbocycles. The number of benzene rings is 1. The van der Waals surface area contributed by atoms with Gasteiger partial charge in [-0.25, -0.2) is 4.98 Å². The zero-order valence-corrected chi connectivity index (χ0v) is 14.4. The van der Waals surface area contributed by atoms with Crippen molar-refractivity contribution in [3.05, 3.63) is 47.0 Å². The van der Waals surface area contributed by atoms with Gasteiger partial charge in [0.15, 0.2) is 6.10 Å². The van der Waals surface area contributed by atoms with Crippen molar-refractivity contribution in [1.29, 1.82) is 0 Å². The number of halogens is 1. The minimum atomic E-state index is -0.566. The van der Waals surface area contributed by atoms with E-state index in [1.54, 1.807) is 25.3 Å². The van der Waals surface area contributed by atoms with Gasteiger partial charge in [0.25, 0.3) is 5.91 Å². The average Bonchev–Trinajstić information content (AvgIpc) is 2.97. The highest BCUT2D eigenvalue weighted by Crippen LogP contribution is 2.22. The van der Waals surface area contributed by atoms with Gasteiger partial charge in [0.05, 0.1) is 0 Å². The molecule has 124 valence electrons. The van der Waals surface area contributed by atoms with Gasteiger partial charge in [-0.05, 0) is 37.6 Å². The van der Waals surface area contributed by atoms with Crippen molar-refractivity contribution in [1.82, 2.24) is 14.9 Å². The maximum absolute atomic E-state index is 12.1. The molecule has 1 heterocycles. The Morgan fingerprint density at radius 2 is 2.26 bits per heavy atom. The molecule has 1 N–H and O–H groups in total. The van der Waals surface area contributed by atoms with Crippen LogP contribution in [0.25, 0.3) is 0 Å². The van der Waals surface area contributed by atoms with Crippen molar-refractivity contribution in [2.24, 2.45) is 0 Å². The van der Waals surface area contributed by atoms with Gasteiger partial charge in [-0.3, -0.25) is 4.79 Å². The summed E-state index contributed by atoms with van der Waals surface area (Å²) in [7, 11) is 0. The Morgan fingerprint density at radius 3 is 2.96 bits per heavy atom. The van der Waals surface area contributed by atoms with Gasteiger partial charge in [0.2, 0.25) is 0 Å². The molecule has 2 rings (SSSR count). The third-order valence-corrected chi connectivity index (χ3v) is 3.81. The zero-order valence-electron chi connectivity index (χ0n) is 13.7. The van der Waals surface area contributed by atoms with Crippen LogP contribution in [0.5, 0.6) is 5.75 Å². The summed E-state index contributed by atoms with van der Waals surface area (Å²) >= 11 is 5.92. The van der Waals surface area contributed by atoms with Crippen molar-refractivity contribution in [2.45, 2.75) is 39.8 Å². The lowest BCUT2D eigenvalue weighted by atomic mass is 10.2. The van der Waals surface area contributed by atoms with E-state index in [-0.39, 0.29) is 5.91 Å². The molecule has 0 saturated heterocycles. The predicted octanol–water partition coefficient (Wildman–Crippen LogP) is 2.99. The summed E-state index contributed by atoms with van der Waals surface area (Å²) in [5.41, 5.74) is 0.906. The minimum Gasteiger partial charge on any atom is -0.481 e. The zero-order chi connectivity index (χ0) is 16.8. The molecule has 1 atom stereocenters. The molecule has 0 bridgehead atoms. The molecule has 0 radical (unpaired) electrons. The summed E-state index contributed by atoms with van der Waals surface area (Å²) in [6, 6.07) is 5.34. The Hall–Kier alpha value is -2.01. The maximum atomic E-state index is 12.1. The molecular weight excluding hydrogens is 314 g/mol. The Bertz CT molecular complexity index is 670. The maximum Gasteiger partial charge on any atom is 0.260 e. The molecule has 0 saturated carbocycles. The molecular formula is C17H22ClN3O2.